The average Bonchev–Trinajstić information content (AvgIpc) is 2.97. The van der Waals surface area contributed by atoms with Crippen LogP contribution in [0, 0.1) is 5.92 Å². The van der Waals surface area contributed by atoms with Crippen LogP contribution in [0.3, 0.4) is 0 Å². The van der Waals surface area contributed by atoms with Crippen LogP contribution in [-0.4, -0.2) is 59.4 Å². The predicted molar refractivity (Wildman–Crippen MR) is 109 cm³/mol. The smallest absolute Gasteiger partial charge is 0.325 e. The van der Waals surface area contributed by atoms with Crippen molar-refractivity contribution in [1.82, 2.24) is 15.1 Å². The SMILES string of the molecule is COC(=O)CCN(Cc1ccccc1)C(=O)CN1C(=O)NC2(CCC(C)CC2)C1=O. The second-order valence-electron chi connectivity index (χ2n) is 8.21. The number of carbonyl (C=O) groups excluding carboxylic acids is 4. The lowest BCUT2D eigenvalue weighted by atomic mass is 9.77. The summed E-state index contributed by atoms with van der Waals surface area (Å²) in [6.45, 7) is 2.23. The third kappa shape index (κ3) is 4.80. The summed E-state index contributed by atoms with van der Waals surface area (Å²) in [4.78, 5) is 52.7. The van der Waals surface area contributed by atoms with Gasteiger partial charge in [0.2, 0.25) is 5.91 Å². The summed E-state index contributed by atoms with van der Waals surface area (Å²) in [6, 6.07) is 8.85. The van der Waals surface area contributed by atoms with Gasteiger partial charge in [-0.25, -0.2) is 4.79 Å². The fourth-order valence-electron chi connectivity index (χ4n) is 4.07. The second-order valence-corrected chi connectivity index (χ2v) is 8.21. The summed E-state index contributed by atoms with van der Waals surface area (Å²) in [5, 5.41) is 2.84. The number of rotatable bonds is 7. The second kappa shape index (κ2) is 9.28. The number of esters is 1. The van der Waals surface area contributed by atoms with Crippen LogP contribution >= 0.6 is 0 Å². The maximum atomic E-state index is 13.0. The molecule has 30 heavy (non-hydrogen) atoms. The number of ether oxygens (including phenoxy) is 1. The van der Waals surface area contributed by atoms with Gasteiger partial charge < -0.3 is 15.0 Å². The van der Waals surface area contributed by atoms with Crippen LogP contribution in [0.1, 0.15) is 44.6 Å². The molecule has 3 rings (SSSR count). The van der Waals surface area contributed by atoms with Gasteiger partial charge in [-0.2, -0.15) is 0 Å². The minimum Gasteiger partial charge on any atom is -0.469 e. The van der Waals surface area contributed by atoms with Crippen LogP contribution in [0.25, 0.3) is 0 Å². The maximum absolute atomic E-state index is 13.0. The Morgan fingerprint density at radius 2 is 1.87 bits per heavy atom. The number of hydrogen-bond acceptors (Lipinski definition) is 5. The Bertz CT molecular complexity index is 802. The Morgan fingerprint density at radius 3 is 2.50 bits per heavy atom. The molecule has 0 unspecified atom stereocenters. The standard InChI is InChI=1S/C22H29N3O5/c1-16-8-11-22(12-9-16)20(28)25(21(29)23-22)15-18(26)24(13-10-19(27)30-2)14-17-6-4-3-5-7-17/h3-7,16H,8-15H2,1-2H3,(H,23,29). The van der Waals surface area contributed by atoms with Crippen LogP contribution in [0.2, 0.25) is 0 Å². The first-order valence-corrected chi connectivity index (χ1v) is 10.4. The molecule has 1 spiro atoms. The molecule has 1 N–H and O–H groups in total. The monoisotopic (exact) mass is 415 g/mol. The van der Waals surface area contributed by atoms with Crippen molar-refractivity contribution in [2.24, 2.45) is 5.92 Å². The van der Waals surface area contributed by atoms with Crippen LogP contribution in [0.5, 0.6) is 0 Å². The first-order chi connectivity index (χ1) is 14.3. The summed E-state index contributed by atoms with van der Waals surface area (Å²) >= 11 is 0. The lowest BCUT2D eigenvalue weighted by Crippen LogP contribution is -2.50. The van der Waals surface area contributed by atoms with E-state index in [4.69, 9.17) is 0 Å². The molecule has 1 saturated heterocycles. The van der Waals surface area contributed by atoms with Gasteiger partial charge in [-0.3, -0.25) is 19.3 Å². The lowest BCUT2D eigenvalue weighted by molar-refractivity contribution is -0.143. The number of urea groups is 1. The minimum absolute atomic E-state index is 0.0387. The molecule has 1 aromatic rings. The Morgan fingerprint density at radius 1 is 1.20 bits per heavy atom. The summed E-state index contributed by atoms with van der Waals surface area (Å²) < 4.78 is 4.68. The zero-order valence-corrected chi connectivity index (χ0v) is 17.6. The molecule has 0 aromatic heterocycles. The zero-order valence-electron chi connectivity index (χ0n) is 17.6. The van der Waals surface area contributed by atoms with Gasteiger partial charge in [0.1, 0.15) is 12.1 Å². The topological polar surface area (TPSA) is 96.0 Å². The van der Waals surface area contributed by atoms with Crippen LogP contribution in [0.4, 0.5) is 4.79 Å². The van der Waals surface area contributed by atoms with E-state index in [9.17, 15) is 19.2 Å². The van der Waals surface area contributed by atoms with Crippen molar-refractivity contribution in [2.75, 3.05) is 20.2 Å². The molecule has 1 aliphatic heterocycles. The number of nitrogens with zero attached hydrogens (tertiary/aromatic N) is 2. The Balaban J connectivity index is 1.70. The van der Waals surface area contributed by atoms with E-state index in [1.165, 1.54) is 12.0 Å². The summed E-state index contributed by atoms with van der Waals surface area (Å²) in [6.07, 6.45) is 2.97. The summed E-state index contributed by atoms with van der Waals surface area (Å²) in [5.74, 6) is -0.602. The summed E-state index contributed by atoms with van der Waals surface area (Å²) in [5.41, 5.74) is 0.0193. The maximum Gasteiger partial charge on any atom is 0.325 e. The van der Waals surface area contributed by atoms with E-state index in [-0.39, 0.29) is 37.9 Å². The number of amides is 4. The third-order valence-electron chi connectivity index (χ3n) is 6.05. The molecular weight excluding hydrogens is 386 g/mol. The molecule has 4 amide bonds. The van der Waals surface area contributed by atoms with Gasteiger partial charge in [-0.1, -0.05) is 37.3 Å². The van der Waals surface area contributed by atoms with E-state index in [1.807, 2.05) is 30.3 Å². The van der Waals surface area contributed by atoms with Crippen LogP contribution < -0.4 is 5.32 Å². The van der Waals surface area contributed by atoms with E-state index in [0.29, 0.717) is 18.8 Å². The highest BCUT2D eigenvalue weighted by Gasteiger charge is 2.52. The van der Waals surface area contributed by atoms with E-state index in [0.717, 1.165) is 23.3 Å². The van der Waals surface area contributed by atoms with Crippen LogP contribution in [0.15, 0.2) is 30.3 Å². The van der Waals surface area contributed by atoms with Crippen molar-refractivity contribution in [3.63, 3.8) is 0 Å². The van der Waals surface area contributed by atoms with Gasteiger partial charge in [0.25, 0.3) is 5.91 Å². The molecule has 1 heterocycles. The number of hydrogen-bond donors (Lipinski definition) is 1. The van der Waals surface area contributed by atoms with Crippen molar-refractivity contribution >= 4 is 23.8 Å². The van der Waals surface area contributed by atoms with Crippen LogP contribution in [-0.2, 0) is 25.7 Å². The molecule has 8 heteroatoms. The molecule has 0 atom stereocenters. The highest BCUT2D eigenvalue weighted by molar-refractivity contribution is 6.09. The molecule has 0 bridgehead atoms. The van der Waals surface area contributed by atoms with Gasteiger partial charge in [-0.15, -0.1) is 0 Å². The third-order valence-corrected chi connectivity index (χ3v) is 6.05. The number of benzene rings is 1. The number of imide groups is 1. The largest absolute Gasteiger partial charge is 0.469 e. The molecule has 1 aromatic carbocycles. The molecule has 2 fully saturated rings. The van der Waals surface area contributed by atoms with Gasteiger partial charge in [-0.05, 0) is 37.2 Å². The van der Waals surface area contributed by atoms with E-state index in [2.05, 4.69) is 17.0 Å². The molecule has 2 aliphatic rings. The Hall–Kier alpha value is -2.90. The minimum atomic E-state index is -0.875. The van der Waals surface area contributed by atoms with Gasteiger partial charge in [0.15, 0.2) is 0 Å². The average molecular weight is 415 g/mol. The van der Waals surface area contributed by atoms with Crippen molar-refractivity contribution in [2.45, 2.75) is 51.1 Å². The first kappa shape index (κ1) is 21.8. The molecular formula is C22H29N3O5. The molecule has 1 saturated carbocycles. The zero-order chi connectivity index (χ0) is 21.7. The van der Waals surface area contributed by atoms with Gasteiger partial charge in [0, 0.05) is 13.1 Å². The van der Waals surface area contributed by atoms with Gasteiger partial charge >= 0.3 is 12.0 Å². The van der Waals surface area contributed by atoms with Crippen molar-refractivity contribution < 1.29 is 23.9 Å². The molecule has 1 aliphatic carbocycles. The lowest BCUT2D eigenvalue weighted by Gasteiger charge is -2.33. The number of nitrogens with one attached hydrogen (secondary N) is 1. The predicted octanol–water partition coefficient (Wildman–Crippen LogP) is 2.08. The Kier molecular flexibility index (Phi) is 6.74. The first-order valence-electron chi connectivity index (χ1n) is 10.4. The van der Waals surface area contributed by atoms with E-state index < -0.39 is 17.5 Å². The van der Waals surface area contributed by atoms with E-state index in [1.54, 1.807) is 0 Å². The van der Waals surface area contributed by atoms with Gasteiger partial charge in [0.05, 0.1) is 13.5 Å². The normalized spacial score (nSPS) is 23.4. The number of carbonyl (C=O) groups is 4. The highest BCUT2D eigenvalue weighted by Crippen LogP contribution is 2.36. The molecule has 162 valence electrons. The van der Waals surface area contributed by atoms with E-state index >= 15 is 0 Å². The fourth-order valence-corrected chi connectivity index (χ4v) is 4.07. The fraction of sp³-hybridized carbons (Fsp3) is 0.545. The number of methoxy groups -OCH3 is 1. The molecule has 8 nitrogen and oxygen atoms in total. The van der Waals surface area contributed by atoms with Crippen molar-refractivity contribution in [3.05, 3.63) is 35.9 Å². The quantitative estimate of drug-likeness (QED) is 0.543. The summed E-state index contributed by atoms with van der Waals surface area (Å²) in [7, 11) is 1.30. The highest BCUT2D eigenvalue weighted by atomic mass is 16.5. The van der Waals surface area contributed by atoms with Crippen molar-refractivity contribution in [1.29, 1.82) is 0 Å². The van der Waals surface area contributed by atoms with Crippen molar-refractivity contribution in [3.8, 4) is 0 Å². The Labute approximate surface area is 176 Å². The molecule has 0 radical (unpaired) electrons.